The van der Waals surface area contributed by atoms with Gasteiger partial charge in [-0.15, -0.1) is 0 Å². The number of pyridine rings is 1. The van der Waals surface area contributed by atoms with E-state index >= 15 is 0 Å². The highest BCUT2D eigenvalue weighted by molar-refractivity contribution is 6.04. The zero-order valence-electron chi connectivity index (χ0n) is 10.6. The molecule has 0 radical (unpaired) electrons. The van der Waals surface area contributed by atoms with Crippen LogP contribution in [0.5, 0.6) is 0 Å². The summed E-state index contributed by atoms with van der Waals surface area (Å²) < 4.78 is 13.5. The Hall–Kier alpha value is -2.71. The van der Waals surface area contributed by atoms with E-state index in [1.807, 2.05) is 0 Å². The van der Waals surface area contributed by atoms with Crippen LogP contribution in [0, 0.1) is 17.7 Å². The number of carbonyl (C=O) groups excluding carboxylic acids is 1. The monoisotopic (exact) mass is 269 g/mol. The first-order valence-corrected chi connectivity index (χ1v) is 5.92. The number of amides is 1. The molecule has 4 nitrogen and oxygen atoms in total. The molecule has 0 spiro atoms. The number of nitrogens with one attached hydrogen (secondary N) is 1. The molecule has 0 aliphatic carbocycles. The van der Waals surface area contributed by atoms with Crippen LogP contribution in [0.25, 0.3) is 0 Å². The van der Waals surface area contributed by atoms with Crippen LogP contribution < -0.4 is 11.1 Å². The largest absolute Gasteiger partial charge is 0.320 e. The van der Waals surface area contributed by atoms with Gasteiger partial charge in [0, 0.05) is 6.20 Å². The highest BCUT2D eigenvalue weighted by Gasteiger charge is 2.13. The summed E-state index contributed by atoms with van der Waals surface area (Å²) in [4.78, 5) is 16.1. The van der Waals surface area contributed by atoms with Crippen molar-refractivity contribution < 1.29 is 9.18 Å². The van der Waals surface area contributed by atoms with E-state index in [4.69, 9.17) is 5.73 Å². The molecule has 0 saturated heterocycles. The maximum atomic E-state index is 13.5. The predicted octanol–water partition coefficient (Wildman–Crippen LogP) is 1.78. The summed E-state index contributed by atoms with van der Waals surface area (Å²) in [6, 6.07) is 9.24. The molecule has 3 N–H and O–H groups in total. The first kappa shape index (κ1) is 13.7. The summed E-state index contributed by atoms with van der Waals surface area (Å²) >= 11 is 0. The summed E-state index contributed by atoms with van der Waals surface area (Å²) in [5.74, 6) is 4.40. The summed E-state index contributed by atoms with van der Waals surface area (Å²) in [5.41, 5.74) is 5.99. The van der Waals surface area contributed by atoms with E-state index in [0.717, 1.165) is 0 Å². The van der Waals surface area contributed by atoms with Crippen LogP contribution >= 0.6 is 0 Å². The molecule has 5 heteroatoms. The molecule has 0 saturated carbocycles. The van der Waals surface area contributed by atoms with Gasteiger partial charge < -0.3 is 11.1 Å². The van der Waals surface area contributed by atoms with Crippen molar-refractivity contribution in [1.29, 1.82) is 0 Å². The lowest BCUT2D eigenvalue weighted by Crippen LogP contribution is -2.16. The number of para-hydroxylation sites is 1. The SMILES string of the molecule is NCC#Cc1cccnc1C(=O)Nc1ccccc1F. The second kappa shape index (κ2) is 6.45. The molecule has 0 aliphatic heterocycles. The molecule has 100 valence electrons. The van der Waals surface area contributed by atoms with Crippen LogP contribution in [0.1, 0.15) is 16.1 Å². The zero-order valence-corrected chi connectivity index (χ0v) is 10.6. The summed E-state index contributed by atoms with van der Waals surface area (Å²) in [5, 5.41) is 2.47. The molecule has 20 heavy (non-hydrogen) atoms. The van der Waals surface area contributed by atoms with Crippen molar-refractivity contribution in [2.45, 2.75) is 0 Å². The number of nitrogens with two attached hydrogens (primary N) is 1. The number of nitrogens with zero attached hydrogens (tertiary/aromatic N) is 1. The Balaban J connectivity index is 2.28. The van der Waals surface area contributed by atoms with Gasteiger partial charge in [0.2, 0.25) is 0 Å². The van der Waals surface area contributed by atoms with Gasteiger partial charge in [0.05, 0.1) is 17.8 Å². The Morgan fingerprint density at radius 1 is 1.30 bits per heavy atom. The van der Waals surface area contributed by atoms with Crippen LogP contribution in [0.15, 0.2) is 42.6 Å². The Bertz CT molecular complexity index is 689. The van der Waals surface area contributed by atoms with Gasteiger partial charge in [0.25, 0.3) is 5.91 Å². The topological polar surface area (TPSA) is 68.0 Å². The van der Waals surface area contributed by atoms with E-state index in [2.05, 4.69) is 22.1 Å². The number of halogens is 1. The van der Waals surface area contributed by atoms with Crippen LogP contribution in [0.4, 0.5) is 10.1 Å². The molecular formula is C15H12FN3O. The minimum Gasteiger partial charge on any atom is -0.320 e. The average molecular weight is 269 g/mol. The van der Waals surface area contributed by atoms with Gasteiger partial charge in [-0.05, 0) is 24.3 Å². The average Bonchev–Trinajstić information content (AvgIpc) is 2.47. The van der Waals surface area contributed by atoms with Gasteiger partial charge >= 0.3 is 0 Å². The molecule has 1 aromatic heterocycles. The third-order valence-corrected chi connectivity index (χ3v) is 2.47. The van der Waals surface area contributed by atoms with Crippen molar-refractivity contribution in [3.63, 3.8) is 0 Å². The Labute approximate surface area is 115 Å². The molecule has 2 aromatic rings. The smallest absolute Gasteiger partial charge is 0.275 e. The van der Waals surface area contributed by atoms with Crippen molar-refractivity contribution in [1.82, 2.24) is 4.98 Å². The molecule has 0 aliphatic rings. The lowest BCUT2D eigenvalue weighted by atomic mass is 10.2. The normalized spacial score (nSPS) is 9.50. The van der Waals surface area contributed by atoms with Crippen molar-refractivity contribution in [2.75, 3.05) is 11.9 Å². The Morgan fingerprint density at radius 3 is 2.85 bits per heavy atom. The molecule has 1 amide bonds. The maximum Gasteiger partial charge on any atom is 0.275 e. The molecule has 0 bridgehead atoms. The number of rotatable bonds is 2. The van der Waals surface area contributed by atoms with E-state index in [9.17, 15) is 9.18 Å². The summed E-state index contributed by atoms with van der Waals surface area (Å²) in [6.07, 6.45) is 1.48. The molecule has 0 atom stereocenters. The van der Waals surface area contributed by atoms with Gasteiger partial charge in [0.15, 0.2) is 0 Å². The number of aromatic nitrogens is 1. The van der Waals surface area contributed by atoms with E-state index in [-0.39, 0.29) is 17.9 Å². The zero-order chi connectivity index (χ0) is 14.4. The van der Waals surface area contributed by atoms with Crippen molar-refractivity contribution in [3.8, 4) is 11.8 Å². The quantitative estimate of drug-likeness (QED) is 0.817. The van der Waals surface area contributed by atoms with Crippen molar-refractivity contribution >= 4 is 11.6 Å². The minimum absolute atomic E-state index is 0.0980. The van der Waals surface area contributed by atoms with E-state index < -0.39 is 11.7 Å². The van der Waals surface area contributed by atoms with E-state index in [1.165, 1.54) is 18.3 Å². The highest BCUT2D eigenvalue weighted by Crippen LogP contribution is 2.14. The van der Waals surface area contributed by atoms with Crippen molar-refractivity contribution in [3.05, 3.63) is 59.7 Å². The van der Waals surface area contributed by atoms with Gasteiger partial charge in [-0.2, -0.15) is 0 Å². The number of carbonyl (C=O) groups is 1. The van der Waals surface area contributed by atoms with E-state index in [1.54, 1.807) is 24.3 Å². The van der Waals surface area contributed by atoms with Crippen LogP contribution in [-0.2, 0) is 0 Å². The molecule has 2 rings (SSSR count). The lowest BCUT2D eigenvalue weighted by molar-refractivity contribution is 0.102. The molecule has 1 aromatic carbocycles. The van der Waals surface area contributed by atoms with Gasteiger partial charge in [-0.25, -0.2) is 9.37 Å². The number of hydrogen-bond donors (Lipinski definition) is 2. The maximum absolute atomic E-state index is 13.5. The fraction of sp³-hybridized carbons (Fsp3) is 0.0667. The van der Waals surface area contributed by atoms with Crippen LogP contribution in [0.3, 0.4) is 0 Å². The number of anilines is 1. The Morgan fingerprint density at radius 2 is 2.10 bits per heavy atom. The van der Waals surface area contributed by atoms with Gasteiger partial charge in [-0.1, -0.05) is 24.0 Å². The fourth-order valence-corrected chi connectivity index (χ4v) is 1.58. The van der Waals surface area contributed by atoms with Crippen LogP contribution in [0.2, 0.25) is 0 Å². The van der Waals surface area contributed by atoms with Gasteiger partial charge in [-0.3, -0.25) is 4.79 Å². The first-order valence-electron chi connectivity index (χ1n) is 5.92. The second-order valence-electron chi connectivity index (χ2n) is 3.84. The van der Waals surface area contributed by atoms with Crippen molar-refractivity contribution in [2.24, 2.45) is 5.73 Å². The second-order valence-corrected chi connectivity index (χ2v) is 3.84. The molecule has 0 unspecified atom stereocenters. The van der Waals surface area contributed by atoms with Gasteiger partial charge in [0.1, 0.15) is 11.5 Å². The fourth-order valence-electron chi connectivity index (χ4n) is 1.58. The molecular weight excluding hydrogens is 257 g/mol. The highest BCUT2D eigenvalue weighted by atomic mass is 19.1. The first-order chi connectivity index (χ1) is 9.72. The third-order valence-electron chi connectivity index (χ3n) is 2.47. The van der Waals surface area contributed by atoms with Crippen LogP contribution in [-0.4, -0.2) is 17.4 Å². The summed E-state index contributed by atoms with van der Waals surface area (Å²) in [7, 11) is 0. The lowest BCUT2D eigenvalue weighted by Gasteiger charge is -2.06. The molecule has 1 heterocycles. The minimum atomic E-state index is -0.517. The summed E-state index contributed by atoms with van der Waals surface area (Å²) in [6.45, 7) is 0.184. The number of benzene rings is 1. The molecule has 0 fully saturated rings. The van der Waals surface area contributed by atoms with E-state index in [0.29, 0.717) is 5.56 Å². The number of hydrogen-bond acceptors (Lipinski definition) is 3. The predicted molar refractivity (Wildman–Crippen MR) is 74.5 cm³/mol. The third kappa shape index (κ3) is 3.19. The Kier molecular flexibility index (Phi) is 4.43. The standard InChI is InChI=1S/C15H12FN3O/c16-12-7-1-2-8-13(12)19-15(20)14-11(5-3-9-17)6-4-10-18-14/h1-2,4,6-8,10H,9,17H2,(H,19,20).